The first-order chi connectivity index (χ1) is 13.4. The Hall–Kier alpha value is -2.10. The van der Waals surface area contributed by atoms with Gasteiger partial charge in [-0.25, -0.2) is 0 Å². The van der Waals surface area contributed by atoms with Gasteiger partial charge in [0.15, 0.2) is 5.78 Å². The second kappa shape index (κ2) is 7.38. The van der Waals surface area contributed by atoms with Gasteiger partial charge in [-0.3, -0.25) is 14.5 Å². The summed E-state index contributed by atoms with van der Waals surface area (Å²) in [4.78, 5) is 28.0. The number of aryl methyl sites for hydroxylation is 2. The molecule has 2 aromatic rings. The molecular formula is C23H21Cl2NO2. The Balaban J connectivity index is 1.92. The average Bonchev–Trinajstić information content (AvgIpc) is 2.63. The third kappa shape index (κ3) is 3.17. The summed E-state index contributed by atoms with van der Waals surface area (Å²) < 4.78 is 0. The van der Waals surface area contributed by atoms with Crippen molar-refractivity contribution in [1.29, 1.82) is 0 Å². The zero-order valence-corrected chi connectivity index (χ0v) is 17.4. The molecule has 0 N–H and O–H groups in total. The van der Waals surface area contributed by atoms with Crippen molar-refractivity contribution in [3.8, 4) is 0 Å². The number of benzene rings is 2. The Kier molecular flexibility index (Phi) is 5.07. The van der Waals surface area contributed by atoms with Gasteiger partial charge < -0.3 is 0 Å². The largest absolute Gasteiger partial charge is 0.294 e. The highest BCUT2D eigenvalue weighted by atomic mass is 35.5. The zero-order valence-electron chi connectivity index (χ0n) is 15.9. The van der Waals surface area contributed by atoms with Crippen LogP contribution in [0.3, 0.4) is 0 Å². The second-order valence-electron chi connectivity index (χ2n) is 7.55. The summed E-state index contributed by atoms with van der Waals surface area (Å²) >= 11 is 12.9. The maximum Gasteiger partial charge on any atom is 0.232 e. The van der Waals surface area contributed by atoms with E-state index in [0.717, 1.165) is 28.9 Å². The number of amides is 1. The number of ketones is 1. The van der Waals surface area contributed by atoms with E-state index in [-0.39, 0.29) is 18.1 Å². The molecule has 2 aliphatic rings. The molecule has 1 heterocycles. The van der Waals surface area contributed by atoms with Crippen molar-refractivity contribution in [1.82, 2.24) is 0 Å². The molecule has 1 unspecified atom stereocenters. The minimum absolute atomic E-state index is 0.0265. The van der Waals surface area contributed by atoms with Gasteiger partial charge in [0, 0.05) is 40.1 Å². The molecule has 0 bridgehead atoms. The summed E-state index contributed by atoms with van der Waals surface area (Å²) in [7, 11) is 0. The second-order valence-corrected chi connectivity index (χ2v) is 8.36. The molecule has 4 rings (SSSR count). The van der Waals surface area contributed by atoms with Crippen LogP contribution in [-0.4, -0.2) is 11.7 Å². The van der Waals surface area contributed by atoms with E-state index in [4.69, 9.17) is 23.2 Å². The number of rotatable bonds is 2. The van der Waals surface area contributed by atoms with Crippen LogP contribution in [0.1, 0.15) is 48.3 Å². The van der Waals surface area contributed by atoms with E-state index in [1.165, 1.54) is 0 Å². The number of halogens is 2. The highest BCUT2D eigenvalue weighted by Crippen LogP contribution is 2.47. The van der Waals surface area contributed by atoms with Crippen molar-refractivity contribution in [3.05, 3.63) is 74.4 Å². The summed E-state index contributed by atoms with van der Waals surface area (Å²) in [5.41, 5.74) is 5.19. The molecule has 3 nitrogen and oxygen atoms in total. The fourth-order valence-corrected chi connectivity index (χ4v) is 5.08. The van der Waals surface area contributed by atoms with Gasteiger partial charge >= 0.3 is 0 Å². The molecular weight excluding hydrogens is 393 g/mol. The lowest BCUT2D eigenvalue weighted by molar-refractivity contribution is -0.119. The number of nitrogens with zero attached hydrogens (tertiary/aromatic N) is 1. The summed E-state index contributed by atoms with van der Waals surface area (Å²) in [5.74, 6) is -0.329. The average molecular weight is 414 g/mol. The van der Waals surface area contributed by atoms with Gasteiger partial charge in [0.05, 0.1) is 5.69 Å². The topological polar surface area (TPSA) is 37.4 Å². The third-order valence-corrected chi connectivity index (χ3v) is 6.28. The first-order valence-electron chi connectivity index (χ1n) is 9.49. The Bertz CT molecular complexity index is 1010. The van der Waals surface area contributed by atoms with Gasteiger partial charge in [0.25, 0.3) is 0 Å². The van der Waals surface area contributed by atoms with E-state index in [0.29, 0.717) is 34.0 Å². The number of hydrogen-bond acceptors (Lipinski definition) is 2. The summed E-state index contributed by atoms with van der Waals surface area (Å²) in [6.07, 6.45) is 2.11. The predicted molar refractivity (Wildman–Crippen MR) is 113 cm³/mol. The van der Waals surface area contributed by atoms with Crippen molar-refractivity contribution in [2.24, 2.45) is 0 Å². The molecule has 0 radical (unpaired) electrons. The first-order valence-corrected chi connectivity index (χ1v) is 10.2. The minimum Gasteiger partial charge on any atom is -0.294 e. The van der Waals surface area contributed by atoms with Gasteiger partial charge in [0.2, 0.25) is 5.91 Å². The normalized spacial score (nSPS) is 19.9. The third-order valence-electron chi connectivity index (χ3n) is 5.62. The maximum atomic E-state index is 13.3. The zero-order chi connectivity index (χ0) is 20.0. The van der Waals surface area contributed by atoms with E-state index >= 15 is 0 Å². The van der Waals surface area contributed by atoms with Gasteiger partial charge in [-0.15, -0.1) is 0 Å². The smallest absolute Gasteiger partial charge is 0.232 e. The van der Waals surface area contributed by atoms with E-state index in [1.807, 2.05) is 26.0 Å². The van der Waals surface area contributed by atoms with Crippen LogP contribution in [-0.2, 0) is 9.59 Å². The summed E-state index contributed by atoms with van der Waals surface area (Å²) in [6.45, 7) is 4.02. The van der Waals surface area contributed by atoms with Crippen LogP contribution in [0.15, 0.2) is 47.7 Å². The lowest BCUT2D eigenvalue weighted by atomic mass is 9.77. The van der Waals surface area contributed by atoms with Crippen LogP contribution in [0.25, 0.3) is 0 Å². The minimum atomic E-state index is -0.390. The molecule has 1 aliphatic carbocycles. The van der Waals surface area contributed by atoms with Crippen LogP contribution in [0, 0.1) is 13.8 Å². The maximum absolute atomic E-state index is 13.3. The van der Waals surface area contributed by atoms with E-state index in [1.54, 1.807) is 23.1 Å². The van der Waals surface area contributed by atoms with Crippen molar-refractivity contribution in [2.45, 2.75) is 45.4 Å². The molecule has 0 saturated carbocycles. The van der Waals surface area contributed by atoms with Crippen LogP contribution >= 0.6 is 23.2 Å². The quantitative estimate of drug-likeness (QED) is 0.592. The van der Waals surface area contributed by atoms with Gasteiger partial charge in [0.1, 0.15) is 0 Å². The molecule has 0 fully saturated rings. The van der Waals surface area contributed by atoms with E-state index in [2.05, 4.69) is 6.07 Å². The molecule has 0 aromatic heterocycles. The Morgan fingerprint density at radius 1 is 1.00 bits per heavy atom. The SMILES string of the molecule is Cc1ccc(N2C(=O)CC(c3c(Cl)cccc3Cl)C3=C2CCCC3=O)c(C)c1. The van der Waals surface area contributed by atoms with Gasteiger partial charge in [-0.2, -0.15) is 0 Å². The number of allylic oxidation sites excluding steroid dienone is 2. The Morgan fingerprint density at radius 3 is 2.39 bits per heavy atom. The lowest BCUT2D eigenvalue weighted by Gasteiger charge is -2.39. The summed E-state index contributed by atoms with van der Waals surface area (Å²) in [5, 5.41) is 0.992. The molecule has 1 amide bonds. The van der Waals surface area contributed by atoms with Crippen molar-refractivity contribution in [2.75, 3.05) is 4.90 Å². The molecule has 0 saturated heterocycles. The Labute approximate surface area is 174 Å². The Morgan fingerprint density at radius 2 is 1.71 bits per heavy atom. The molecule has 1 atom stereocenters. The predicted octanol–water partition coefficient (Wildman–Crippen LogP) is 6.14. The van der Waals surface area contributed by atoms with Gasteiger partial charge in [-0.05, 0) is 56.0 Å². The molecule has 0 spiro atoms. The highest BCUT2D eigenvalue weighted by molar-refractivity contribution is 6.36. The molecule has 5 heteroatoms. The van der Waals surface area contributed by atoms with Crippen molar-refractivity contribution < 1.29 is 9.59 Å². The van der Waals surface area contributed by atoms with Crippen LogP contribution in [0.4, 0.5) is 5.69 Å². The van der Waals surface area contributed by atoms with Crippen LogP contribution < -0.4 is 4.90 Å². The fraction of sp³-hybridized carbons (Fsp3) is 0.304. The monoisotopic (exact) mass is 413 g/mol. The van der Waals surface area contributed by atoms with Crippen LogP contribution in [0.5, 0.6) is 0 Å². The first kappa shape index (κ1) is 19.2. The fourth-order valence-electron chi connectivity index (χ4n) is 4.42. The standard InChI is InChI=1S/C23H21Cl2NO2/c1-13-9-10-18(14(2)11-13)26-19-7-4-8-20(27)23(19)15(12-21(26)28)22-16(24)5-3-6-17(22)25/h3,5-6,9-11,15H,4,7-8,12H2,1-2H3. The highest BCUT2D eigenvalue weighted by Gasteiger charge is 2.41. The number of carbonyl (C=O) groups is 2. The van der Waals surface area contributed by atoms with E-state index < -0.39 is 5.92 Å². The number of Topliss-reactive ketones (excluding diaryl/α,β-unsaturated/α-hetero) is 1. The van der Waals surface area contributed by atoms with Crippen molar-refractivity contribution in [3.63, 3.8) is 0 Å². The molecule has 1 aliphatic heterocycles. The van der Waals surface area contributed by atoms with Gasteiger partial charge in [-0.1, -0.05) is 47.0 Å². The van der Waals surface area contributed by atoms with Crippen molar-refractivity contribution >= 4 is 40.6 Å². The molecule has 144 valence electrons. The summed E-state index contributed by atoms with van der Waals surface area (Å²) in [6, 6.07) is 11.3. The van der Waals surface area contributed by atoms with Crippen LogP contribution in [0.2, 0.25) is 10.0 Å². The number of hydrogen-bond donors (Lipinski definition) is 0. The molecule has 28 heavy (non-hydrogen) atoms. The van der Waals surface area contributed by atoms with E-state index in [9.17, 15) is 9.59 Å². The lowest BCUT2D eigenvalue weighted by Crippen LogP contribution is -2.41. The number of anilines is 1. The number of carbonyl (C=O) groups excluding carboxylic acids is 2. The molecule has 2 aromatic carbocycles.